The number of rotatable bonds is 7. The molecule has 0 bridgehead atoms. The highest BCUT2D eigenvalue weighted by molar-refractivity contribution is 6.07. The molecule has 0 radical (unpaired) electrons. The Kier molecular flexibility index (Phi) is 6.21. The number of nitro groups is 1. The van der Waals surface area contributed by atoms with Crippen molar-refractivity contribution in [1.82, 2.24) is 4.90 Å². The van der Waals surface area contributed by atoms with Crippen LogP contribution in [0.1, 0.15) is 15.9 Å². The molecule has 2 aromatic rings. The van der Waals surface area contributed by atoms with Crippen molar-refractivity contribution in [2.24, 2.45) is 0 Å². The number of benzene rings is 2. The quantitative estimate of drug-likeness (QED) is 0.330. The highest BCUT2D eigenvalue weighted by atomic mass is 16.6. The molecule has 0 atom stereocenters. The molecule has 134 valence electrons. The minimum Gasteiger partial charge on any atom is -0.484 e. The van der Waals surface area contributed by atoms with E-state index in [4.69, 9.17) is 4.74 Å². The summed E-state index contributed by atoms with van der Waals surface area (Å²) in [6.45, 7) is -0.108. The fraction of sp³-hybridized carbons (Fsp3) is 0.158. The third kappa shape index (κ3) is 5.27. The van der Waals surface area contributed by atoms with Gasteiger partial charge in [-0.3, -0.25) is 19.7 Å². The molecule has 0 unspecified atom stereocenters. The Bertz CT molecular complexity index is 841. The second-order valence-electron chi connectivity index (χ2n) is 5.65. The van der Waals surface area contributed by atoms with Crippen LogP contribution in [0.15, 0.2) is 54.6 Å². The van der Waals surface area contributed by atoms with Crippen LogP contribution in [0.3, 0.4) is 0 Å². The lowest BCUT2D eigenvalue weighted by Crippen LogP contribution is -2.27. The maximum absolute atomic E-state index is 12.3. The topological polar surface area (TPSA) is 89.8 Å². The second kappa shape index (κ2) is 8.57. The Hall–Kier alpha value is -3.48. The minimum absolute atomic E-state index is 0.00871. The lowest BCUT2D eigenvalue weighted by atomic mass is 10.1. The van der Waals surface area contributed by atoms with Crippen molar-refractivity contribution < 1.29 is 19.2 Å². The summed E-state index contributed by atoms with van der Waals surface area (Å²) in [6, 6.07) is 12.4. The number of likely N-dealkylation sites (N-methyl/N-ethyl adjacent to an activating group) is 1. The lowest BCUT2D eigenvalue weighted by molar-refractivity contribution is -0.384. The Morgan fingerprint density at radius 3 is 2.46 bits per heavy atom. The first-order chi connectivity index (χ1) is 12.4. The monoisotopic (exact) mass is 354 g/mol. The van der Waals surface area contributed by atoms with Gasteiger partial charge in [-0.1, -0.05) is 18.2 Å². The van der Waals surface area contributed by atoms with E-state index >= 15 is 0 Å². The molecule has 0 N–H and O–H groups in total. The predicted molar refractivity (Wildman–Crippen MR) is 97.1 cm³/mol. The summed E-state index contributed by atoms with van der Waals surface area (Å²) in [5.74, 6) is 0.00215. The van der Waals surface area contributed by atoms with E-state index in [0.717, 1.165) is 0 Å². The molecular weight excluding hydrogens is 336 g/mol. The molecule has 0 aliphatic carbocycles. The van der Waals surface area contributed by atoms with E-state index in [1.165, 1.54) is 23.1 Å². The average Bonchev–Trinajstić information content (AvgIpc) is 2.64. The summed E-state index contributed by atoms with van der Waals surface area (Å²) in [7, 11) is 3.27. The van der Waals surface area contributed by atoms with E-state index < -0.39 is 4.92 Å². The van der Waals surface area contributed by atoms with Gasteiger partial charge in [0.15, 0.2) is 12.4 Å². The molecule has 2 aromatic carbocycles. The first-order valence-electron chi connectivity index (χ1n) is 7.76. The smallest absolute Gasteiger partial charge is 0.269 e. The van der Waals surface area contributed by atoms with Crippen LogP contribution in [-0.4, -0.2) is 42.2 Å². The van der Waals surface area contributed by atoms with Crippen LogP contribution in [0.4, 0.5) is 5.69 Å². The standard InChI is InChI=1S/C19H18N2O5/c1-20(2)19(23)13-26-17-5-3-4-15(12-17)18(22)11-8-14-6-9-16(10-7-14)21(24)25/h3-12H,13H2,1-2H3/b11-8+. The summed E-state index contributed by atoms with van der Waals surface area (Å²) in [5, 5.41) is 10.6. The Morgan fingerprint density at radius 1 is 1.15 bits per heavy atom. The van der Waals surface area contributed by atoms with Crippen molar-refractivity contribution in [2.75, 3.05) is 20.7 Å². The molecule has 0 aromatic heterocycles. The predicted octanol–water partition coefficient (Wildman–Crippen LogP) is 2.96. The van der Waals surface area contributed by atoms with Gasteiger partial charge < -0.3 is 9.64 Å². The summed E-state index contributed by atoms with van der Waals surface area (Å²) < 4.78 is 5.39. The Labute approximate surface area is 150 Å². The van der Waals surface area contributed by atoms with Gasteiger partial charge in [0, 0.05) is 31.8 Å². The van der Waals surface area contributed by atoms with Gasteiger partial charge in [-0.05, 0) is 35.9 Å². The molecule has 26 heavy (non-hydrogen) atoms. The van der Waals surface area contributed by atoms with Crippen LogP contribution < -0.4 is 4.74 Å². The van der Waals surface area contributed by atoms with Gasteiger partial charge in [-0.15, -0.1) is 0 Å². The van der Waals surface area contributed by atoms with Gasteiger partial charge in [0.1, 0.15) is 5.75 Å². The summed E-state index contributed by atoms with van der Waals surface area (Å²) in [5.41, 5.74) is 1.08. The highest BCUT2D eigenvalue weighted by Crippen LogP contribution is 2.16. The van der Waals surface area contributed by atoms with Crippen LogP contribution in [0.2, 0.25) is 0 Å². The largest absolute Gasteiger partial charge is 0.484 e. The van der Waals surface area contributed by atoms with Crippen molar-refractivity contribution >= 4 is 23.5 Å². The minimum atomic E-state index is -0.481. The molecule has 0 aliphatic heterocycles. The lowest BCUT2D eigenvalue weighted by Gasteiger charge is -2.11. The molecule has 7 heteroatoms. The highest BCUT2D eigenvalue weighted by Gasteiger charge is 2.08. The van der Waals surface area contributed by atoms with Crippen molar-refractivity contribution in [1.29, 1.82) is 0 Å². The zero-order chi connectivity index (χ0) is 19.1. The summed E-state index contributed by atoms with van der Waals surface area (Å²) >= 11 is 0. The number of nitro benzene ring substituents is 1. The molecule has 1 amide bonds. The third-order valence-corrected chi connectivity index (χ3v) is 3.51. The summed E-state index contributed by atoms with van der Waals surface area (Å²) in [6.07, 6.45) is 2.96. The van der Waals surface area contributed by atoms with E-state index in [2.05, 4.69) is 0 Å². The average molecular weight is 354 g/mol. The van der Waals surface area contributed by atoms with Gasteiger partial charge >= 0.3 is 0 Å². The van der Waals surface area contributed by atoms with Crippen LogP contribution in [-0.2, 0) is 4.79 Å². The zero-order valence-corrected chi connectivity index (χ0v) is 14.4. The molecule has 2 rings (SSSR count). The molecular formula is C19H18N2O5. The molecule has 0 saturated heterocycles. The van der Waals surface area contributed by atoms with Gasteiger partial charge in [-0.25, -0.2) is 0 Å². The maximum atomic E-state index is 12.3. The van der Waals surface area contributed by atoms with Gasteiger partial charge in [0.2, 0.25) is 0 Å². The van der Waals surface area contributed by atoms with Crippen LogP contribution in [0.25, 0.3) is 6.08 Å². The van der Waals surface area contributed by atoms with Gasteiger partial charge in [-0.2, -0.15) is 0 Å². The van der Waals surface area contributed by atoms with E-state index in [1.807, 2.05) is 0 Å². The molecule has 0 spiro atoms. The van der Waals surface area contributed by atoms with Crippen LogP contribution >= 0.6 is 0 Å². The Balaban J connectivity index is 2.03. The number of nitrogens with zero attached hydrogens (tertiary/aromatic N) is 2. The van der Waals surface area contributed by atoms with E-state index in [-0.39, 0.29) is 24.0 Å². The number of allylic oxidation sites excluding steroid dienone is 1. The number of ether oxygens (including phenoxy) is 1. The van der Waals surface area contributed by atoms with Crippen molar-refractivity contribution in [3.05, 3.63) is 75.8 Å². The molecule has 0 saturated carbocycles. The van der Waals surface area contributed by atoms with Gasteiger partial charge in [0.05, 0.1) is 4.92 Å². The normalized spacial score (nSPS) is 10.5. The third-order valence-electron chi connectivity index (χ3n) is 3.51. The fourth-order valence-corrected chi connectivity index (χ4v) is 1.99. The van der Waals surface area contributed by atoms with Crippen molar-refractivity contribution in [3.8, 4) is 5.75 Å². The Morgan fingerprint density at radius 2 is 1.85 bits per heavy atom. The van der Waals surface area contributed by atoms with Crippen molar-refractivity contribution in [2.45, 2.75) is 0 Å². The second-order valence-corrected chi connectivity index (χ2v) is 5.65. The van der Waals surface area contributed by atoms with Crippen LogP contribution in [0, 0.1) is 10.1 Å². The number of ketones is 1. The fourth-order valence-electron chi connectivity index (χ4n) is 1.99. The molecule has 7 nitrogen and oxygen atoms in total. The number of hydrogen-bond donors (Lipinski definition) is 0. The first kappa shape index (κ1) is 18.9. The molecule has 0 heterocycles. The number of carbonyl (C=O) groups is 2. The summed E-state index contributed by atoms with van der Waals surface area (Å²) in [4.78, 5) is 35.4. The molecule has 0 fully saturated rings. The number of amides is 1. The van der Waals surface area contributed by atoms with E-state index in [1.54, 1.807) is 56.6 Å². The zero-order valence-electron chi connectivity index (χ0n) is 14.4. The van der Waals surface area contributed by atoms with Crippen molar-refractivity contribution in [3.63, 3.8) is 0 Å². The van der Waals surface area contributed by atoms with E-state index in [9.17, 15) is 19.7 Å². The number of non-ortho nitro benzene ring substituents is 1. The number of hydrogen-bond acceptors (Lipinski definition) is 5. The molecule has 0 aliphatic rings. The van der Waals surface area contributed by atoms with E-state index in [0.29, 0.717) is 16.9 Å². The van der Waals surface area contributed by atoms with Crippen LogP contribution in [0.5, 0.6) is 5.75 Å². The maximum Gasteiger partial charge on any atom is 0.269 e. The SMILES string of the molecule is CN(C)C(=O)COc1cccc(C(=O)/C=C/c2ccc([N+](=O)[O-])cc2)c1. The number of carbonyl (C=O) groups excluding carboxylic acids is 2. The van der Waals surface area contributed by atoms with Gasteiger partial charge in [0.25, 0.3) is 11.6 Å². The first-order valence-corrected chi connectivity index (χ1v) is 7.76.